The van der Waals surface area contributed by atoms with E-state index in [2.05, 4.69) is 15.9 Å². The number of methoxy groups -OCH3 is 5. The number of allylic oxidation sites excluding steroid dienone is 2. The van der Waals surface area contributed by atoms with E-state index in [4.69, 9.17) is 28.7 Å². The van der Waals surface area contributed by atoms with Gasteiger partial charge in [0.1, 0.15) is 5.92 Å². The molecule has 2 aromatic carbocycles. The molecule has 3 atom stereocenters. The normalized spacial score (nSPS) is 21.1. The van der Waals surface area contributed by atoms with Gasteiger partial charge in [-0.25, -0.2) is 0 Å². The molecule has 2 aliphatic rings. The minimum atomic E-state index is -0.740. The number of carbonyl (C=O) groups excluding carboxylic acids is 2. The molecule has 1 aliphatic heterocycles. The minimum absolute atomic E-state index is 0.0536. The van der Waals surface area contributed by atoms with Gasteiger partial charge in [0, 0.05) is 29.3 Å². The number of Topliss-reactive ketones (excluding diaryl/α,β-unsaturated/α-hetero) is 1. The Morgan fingerprint density at radius 2 is 1.57 bits per heavy atom. The number of ketones is 1. The van der Waals surface area contributed by atoms with Gasteiger partial charge in [0.2, 0.25) is 0 Å². The molecule has 9 heteroatoms. The van der Waals surface area contributed by atoms with Gasteiger partial charge < -0.3 is 23.7 Å². The maximum absolute atomic E-state index is 13.8. The minimum Gasteiger partial charge on any atom is -0.493 e. The highest BCUT2D eigenvalue weighted by Crippen LogP contribution is 2.49. The molecule has 4 rings (SSSR count). The van der Waals surface area contributed by atoms with Crippen LogP contribution < -0.4 is 18.9 Å². The summed E-state index contributed by atoms with van der Waals surface area (Å²) in [6.07, 6.45) is 0.828. The van der Waals surface area contributed by atoms with Crippen LogP contribution in [0.3, 0.4) is 0 Å². The first-order valence-electron chi connectivity index (χ1n) is 11.8. The van der Waals surface area contributed by atoms with E-state index in [1.165, 1.54) is 7.11 Å². The molecule has 0 saturated carbocycles. The summed E-state index contributed by atoms with van der Waals surface area (Å²) >= 11 is 3.55. The van der Waals surface area contributed by atoms with Gasteiger partial charge in [0.05, 0.1) is 40.0 Å². The van der Waals surface area contributed by atoms with Crippen molar-refractivity contribution in [2.45, 2.75) is 31.6 Å². The summed E-state index contributed by atoms with van der Waals surface area (Å²) < 4.78 is 27.7. The fourth-order valence-electron chi connectivity index (χ4n) is 5.31. The van der Waals surface area contributed by atoms with Gasteiger partial charge in [-0.3, -0.25) is 14.6 Å². The average molecular weight is 572 g/mol. The van der Waals surface area contributed by atoms with E-state index in [-0.39, 0.29) is 18.1 Å². The highest BCUT2D eigenvalue weighted by atomic mass is 79.9. The molecule has 1 heterocycles. The Hall–Kier alpha value is -3.33. The summed E-state index contributed by atoms with van der Waals surface area (Å²) in [7, 11) is 7.61. The van der Waals surface area contributed by atoms with Crippen LogP contribution in [0.2, 0.25) is 0 Å². The van der Waals surface area contributed by atoms with Gasteiger partial charge in [0.25, 0.3) is 0 Å². The van der Waals surface area contributed by atoms with Crippen molar-refractivity contribution in [2.75, 3.05) is 35.5 Å². The molecule has 1 unspecified atom stereocenters. The third kappa shape index (κ3) is 4.84. The number of esters is 1. The average Bonchev–Trinajstić information content (AvgIpc) is 2.90. The third-order valence-corrected chi connectivity index (χ3v) is 7.63. The zero-order valence-corrected chi connectivity index (χ0v) is 23.3. The number of hydrogen-bond donors (Lipinski definition) is 0. The van der Waals surface area contributed by atoms with Crippen LogP contribution in [0.15, 0.2) is 51.1 Å². The smallest absolute Gasteiger partial charge is 0.315 e. The number of hydrogen-bond acceptors (Lipinski definition) is 8. The predicted octanol–water partition coefficient (Wildman–Crippen LogP) is 5.23. The van der Waals surface area contributed by atoms with E-state index in [1.807, 2.05) is 24.3 Å². The van der Waals surface area contributed by atoms with Crippen molar-refractivity contribution >= 4 is 33.4 Å². The topological polar surface area (TPSA) is 92.7 Å². The Kier molecular flexibility index (Phi) is 7.92. The van der Waals surface area contributed by atoms with Gasteiger partial charge >= 0.3 is 5.97 Å². The molecule has 196 valence electrons. The highest BCUT2D eigenvalue weighted by Gasteiger charge is 2.45. The third-order valence-electron chi connectivity index (χ3n) is 7.04. The molecule has 0 N–H and O–H groups in total. The quantitative estimate of drug-likeness (QED) is 0.420. The van der Waals surface area contributed by atoms with Crippen LogP contribution in [0, 0.1) is 5.92 Å². The number of halogens is 1. The standard InChI is InChI=1S/C28H30BrNO7/c1-14-24(28(32)37-6)25(17-9-18(29)27(36-5)23(13-17)35-4)26-19(30-14)10-16(11-20(26)31)15-7-8-21(33-2)22(12-15)34-3/h7-9,12-13,16,24-25H,10-11H2,1-6H3/t16-,24?,25+/m0/s1. The molecule has 0 fully saturated rings. The van der Waals surface area contributed by atoms with E-state index < -0.39 is 17.8 Å². The zero-order valence-electron chi connectivity index (χ0n) is 21.7. The molecule has 0 aromatic heterocycles. The first-order chi connectivity index (χ1) is 17.8. The molecule has 8 nitrogen and oxygen atoms in total. The lowest BCUT2D eigenvalue weighted by Gasteiger charge is -2.36. The Labute approximate surface area is 224 Å². The molecule has 37 heavy (non-hydrogen) atoms. The number of ether oxygens (including phenoxy) is 5. The molecule has 0 radical (unpaired) electrons. The van der Waals surface area contributed by atoms with Crippen molar-refractivity contribution in [3.05, 3.63) is 57.2 Å². The lowest BCUT2D eigenvalue weighted by Crippen LogP contribution is -2.37. The van der Waals surface area contributed by atoms with Gasteiger partial charge in [-0.2, -0.15) is 0 Å². The van der Waals surface area contributed by atoms with E-state index >= 15 is 0 Å². The van der Waals surface area contributed by atoms with Crippen molar-refractivity contribution in [1.82, 2.24) is 0 Å². The van der Waals surface area contributed by atoms with Crippen LogP contribution in [-0.4, -0.2) is 53.0 Å². The SMILES string of the molecule is COC(=O)C1C(C)=NC2=C(C(=O)C[C@@H](c3ccc(OC)c(OC)c3)C2)[C@@H]1c1cc(Br)c(OC)c(OC)c1. The summed E-state index contributed by atoms with van der Waals surface area (Å²) in [6.45, 7) is 1.80. The van der Waals surface area contributed by atoms with Crippen LogP contribution >= 0.6 is 15.9 Å². The fraction of sp³-hybridized carbons (Fsp3) is 0.393. The summed E-state index contributed by atoms with van der Waals surface area (Å²) in [5, 5.41) is 0. The van der Waals surface area contributed by atoms with E-state index in [9.17, 15) is 9.59 Å². The van der Waals surface area contributed by atoms with Crippen LogP contribution in [-0.2, 0) is 14.3 Å². The van der Waals surface area contributed by atoms with Gasteiger partial charge in [-0.15, -0.1) is 0 Å². The molecule has 0 spiro atoms. The van der Waals surface area contributed by atoms with Gasteiger partial charge in [0.15, 0.2) is 28.8 Å². The van der Waals surface area contributed by atoms with Crippen molar-refractivity contribution in [2.24, 2.45) is 10.9 Å². The maximum Gasteiger partial charge on any atom is 0.315 e. The van der Waals surface area contributed by atoms with E-state index in [0.29, 0.717) is 50.9 Å². The Morgan fingerprint density at radius 1 is 0.892 bits per heavy atom. The Balaban J connectivity index is 1.84. The summed E-state index contributed by atoms with van der Waals surface area (Å²) in [5.41, 5.74) is 3.52. The van der Waals surface area contributed by atoms with E-state index in [1.54, 1.807) is 41.4 Å². The first kappa shape index (κ1) is 26.7. The van der Waals surface area contributed by atoms with Gasteiger partial charge in [-0.05, 0) is 70.6 Å². The van der Waals surface area contributed by atoms with Crippen molar-refractivity contribution in [3.63, 3.8) is 0 Å². The van der Waals surface area contributed by atoms with Crippen LogP contribution in [0.1, 0.15) is 42.7 Å². The Morgan fingerprint density at radius 3 is 2.19 bits per heavy atom. The lowest BCUT2D eigenvalue weighted by atomic mass is 9.69. The molecule has 2 aromatic rings. The molecular formula is C28H30BrNO7. The lowest BCUT2D eigenvalue weighted by molar-refractivity contribution is -0.143. The molecular weight excluding hydrogens is 542 g/mol. The van der Waals surface area contributed by atoms with Crippen LogP contribution in [0.4, 0.5) is 0 Å². The first-order valence-corrected chi connectivity index (χ1v) is 12.6. The van der Waals surface area contributed by atoms with Gasteiger partial charge in [-0.1, -0.05) is 6.07 Å². The highest BCUT2D eigenvalue weighted by molar-refractivity contribution is 9.10. The van der Waals surface area contributed by atoms with Crippen molar-refractivity contribution in [1.29, 1.82) is 0 Å². The maximum atomic E-state index is 13.8. The molecule has 0 saturated heterocycles. The van der Waals surface area contributed by atoms with Crippen molar-refractivity contribution < 1.29 is 33.3 Å². The number of benzene rings is 2. The second kappa shape index (κ2) is 11.0. The fourth-order valence-corrected chi connectivity index (χ4v) is 5.93. The zero-order chi connectivity index (χ0) is 26.9. The summed E-state index contributed by atoms with van der Waals surface area (Å²) in [6, 6.07) is 9.36. The van der Waals surface area contributed by atoms with Crippen LogP contribution in [0.5, 0.6) is 23.0 Å². The Bertz CT molecular complexity index is 1300. The van der Waals surface area contributed by atoms with Crippen molar-refractivity contribution in [3.8, 4) is 23.0 Å². The summed E-state index contributed by atoms with van der Waals surface area (Å²) in [5.74, 6) is 0.346. The van der Waals surface area contributed by atoms with Crippen LogP contribution in [0.25, 0.3) is 0 Å². The second-order valence-electron chi connectivity index (χ2n) is 8.97. The largest absolute Gasteiger partial charge is 0.493 e. The molecule has 0 bridgehead atoms. The number of carbonyl (C=O) groups is 2. The second-order valence-corrected chi connectivity index (χ2v) is 9.83. The molecule has 1 aliphatic carbocycles. The summed E-state index contributed by atoms with van der Waals surface area (Å²) in [4.78, 5) is 31.6. The monoisotopic (exact) mass is 571 g/mol. The number of aliphatic imine (C=N–C) groups is 1. The number of rotatable bonds is 7. The molecule has 0 amide bonds. The predicted molar refractivity (Wildman–Crippen MR) is 142 cm³/mol. The van der Waals surface area contributed by atoms with E-state index in [0.717, 1.165) is 11.1 Å². The number of nitrogens with zero attached hydrogens (tertiary/aromatic N) is 1.